The van der Waals surface area contributed by atoms with Crippen LogP contribution in [0.15, 0.2) is 29.7 Å². The van der Waals surface area contributed by atoms with Gasteiger partial charge in [-0.15, -0.1) is 12.6 Å². The number of thiol groups is 1. The predicted molar refractivity (Wildman–Crippen MR) is 98.1 cm³/mol. The minimum Gasteiger partial charge on any atom is -0.495 e. The van der Waals surface area contributed by atoms with Gasteiger partial charge in [-0.1, -0.05) is 17.7 Å². The molecule has 7 nitrogen and oxygen atoms in total. The molecule has 0 amide bonds. The van der Waals surface area contributed by atoms with E-state index in [0.29, 0.717) is 38.6 Å². The van der Waals surface area contributed by atoms with Crippen LogP contribution in [0, 0.1) is 0 Å². The summed E-state index contributed by atoms with van der Waals surface area (Å²) in [7, 11) is 1.57. The number of benzene rings is 1. The Balaban J connectivity index is 1.77. The average Bonchev–Trinajstić information content (AvgIpc) is 3.25. The molecule has 0 bridgehead atoms. The monoisotopic (exact) mass is 377 g/mol. The molecule has 1 aliphatic heterocycles. The number of anilines is 2. The van der Waals surface area contributed by atoms with E-state index in [-0.39, 0.29) is 6.23 Å². The molecule has 1 aromatic carbocycles. The standard InChI is InChI=1S/C16H16ClN5O2S/c1-23-10-5-2-4-9(12(10)17)19-14-13-15(21-16(25)20-14)22(8-18-13)11-6-3-7-24-11/h2,4-5,8,11H,3,6-7H2,1H3,(H2,19,20,21,25). The summed E-state index contributed by atoms with van der Waals surface area (Å²) in [4.78, 5) is 13.2. The lowest BCUT2D eigenvalue weighted by Crippen LogP contribution is -2.07. The van der Waals surface area contributed by atoms with E-state index >= 15 is 0 Å². The van der Waals surface area contributed by atoms with Gasteiger partial charge in [-0.2, -0.15) is 0 Å². The highest BCUT2D eigenvalue weighted by molar-refractivity contribution is 7.80. The predicted octanol–water partition coefficient (Wildman–Crippen LogP) is 3.83. The van der Waals surface area contributed by atoms with E-state index in [9.17, 15) is 0 Å². The Morgan fingerprint density at radius 3 is 3.04 bits per heavy atom. The number of nitrogens with one attached hydrogen (secondary N) is 1. The van der Waals surface area contributed by atoms with Crippen LogP contribution in [0.5, 0.6) is 5.75 Å². The largest absolute Gasteiger partial charge is 0.495 e. The van der Waals surface area contributed by atoms with Crippen LogP contribution < -0.4 is 10.1 Å². The fourth-order valence-corrected chi connectivity index (χ4v) is 3.32. The molecule has 1 saturated heterocycles. The molecule has 1 unspecified atom stereocenters. The molecule has 1 aliphatic rings. The van der Waals surface area contributed by atoms with Gasteiger partial charge in [0.25, 0.3) is 0 Å². The second-order valence-corrected chi connectivity index (χ2v) is 6.39. The maximum absolute atomic E-state index is 6.36. The van der Waals surface area contributed by atoms with Crippen LogP contribution in [0.2, 0.25) is 5.02 Å². The van der Waals surface area contributed by atoms with E-state index in [4.69, 9.17) is 21.1 Å². The number of hydrogen-bond donors (Lipinski definition) is 2. The average molecular weight is 378 g/mol. The summed E-state index contributed by atoms with van der Waals surface area (Å²) in [6.07, 6.45) is 3.62. The van der Waals surface area contributed by atoms with Gasteiger partial charge in [-0.25, -0.2) is 15.0 Å². The topological polar surface area (TPSA) is 74.1 Å². The van der Waals surface area contributed by atoms with E-state index in [1.165, 1.54) is 0 Å². The van der Waals surface area contributed by atoms with Crippen LogP contribution in [0.3, 0.4) is 0 Å². The van der Waals surface area contributed by atoms with Crippen LogP contribution in [0.25, 0.3) is 11.2 Å². The Hall–Kier alpha value is -2.03. The lowest BCUT2D eigenvalue weighted by atomic mass is 10.3. The van der Waals surface area contributed by atoms with Crippen molar-refractivity contribution < 1.29 is 9.47 Å². The number of nitrogens with zero attached hydrogens (tertiary/aromatic N) is 4. The first-order valence-electron chi connectivity index (χ1n) is 7.82. The highest BCUT2D eigenvalue weighted by atomic mass is 35.5. The highest BCUT2D eigenvalue weighted by Gasteiger charge is 2.22. The van der Waals surface area contributed by atoms with E-state index < -0.39 is 0 Å². The first-order chi connectivity index (χ1) is 12.2. The van der Waals surface area contributed by atoms with Crippen LogP contribution in [0.4, 0.5) is 11.5 Å². The van der Waals surface area contributed by atoms with Crippen molar-refractivity contribution in [2.75, 3.05) is 19.0 Å². The summed E-state index contributed by atoms with van der Waals surface area (Å²) in [6, 6.07) is 5.48. The van der Waals surface area contributed by atoms with Crippen molar-refractivity contribution in [1.82, 2.24) is 19.5 Å². The number of imidazole rings is 1. The van der Waals surface area contributed by atoms with Gasteiger partial charge in [-0.3, -0.25) is 4.57 Å². The Labute approximate surface area is 154 Å². The van der Waals surface area contributed by atoms with Crippen molar-refractivity contribution in [1.29, 1.82) is 0 Å². The summed E-state index contributed by atoms with van der Waals surface area (Å²) >= 11 is 10.7. The second-order valence-electron chi connectivity index (χ2n) is 5.61. The molecule has 0 aliphatic carbocycles. The third-order valence-corrected chi connectivity index (χ3v) is 4.65. The maximum Gasteiger partial charge on any atom is 0.188 e. The molecule has 2 aromatic heterocycles. The molecule has 1 fully saturated rings. The van der Waals surface area contributed by atoms with Gasteiger partial charge in [0.1, 0.15) is 17.0 Å². The van der Waals surface area contributed by atoms with Gasteiger partial charge in [-0.05, 0) is 25.0 Å². The fourth-order valence-electron chi connectivity index (χ4n) is 2.88. The van der Waals surface area contributed by atoms with Gasteiger partial charge in [0.15, 0.2) is 22.1 Å². The zero-order chi connectivity index (χ0) is 17.4. The Morgan fingerprint density at radius 1 is 1.40 bits per heavy atom. The van der Waals surface area contributed by atoms with Crippen molar-refractivity contribution in [2.45, 2.75) is 24.2 Å². The smallest absolute Gasteiger partial charge is 0.188 e. The SMILES string of the molecule is COc1cccc(Nc2nc(S)nc3c2ncn3C2CCCO2)c1Cl. The Morgan fingerprint density at radius 2 is 2.28 bits per heavy atom. The number of halogens is 1. The number of hydrogen-bond acceptors (Lipinski definition) is 7. The fraction of sp³-hybridized carbons (Fsp3) is 0.312. The van der Waals surface area contributed by atoms with Crippen molar-refractivity contribution in [3.63, 3.8) is 0 Å². The summed E-state index contributed by atoms with van der Waals surface area (Å²) in [5.74, 6) is 1.11. The summed E-state index contributed by atoms with van der Waals surface area (Å²) in [5, 5.41) is 4.02. The van der Waals surface area contributed by atoms with E-state index in [2.05, 4.69) is 32.9 Å². The van der Waals surface area contributed by atoms with Gasteiger partial charge in [0.05, 0.1) is 19.1 Å². The van der Waals surface area contributed by atoms with Crippen molar-refractivity contribution in [2.24, 2.45) is 0 Å². The van der Waals surface area contributed by atoms with Gasteiger partial charge < -0.3 is 14.8 Å². The van der Waals surface area contributed by atoms with Crippen LogP contribution >= 0.6 is 24.2 Å². The van der Waals surface area contributed by atoms with Crippen LogP contribution in [0.1, 0.15) is 19.1 Å². The number of fused-ring (bicyclic) bond motifs is 1. The van der Waals surface area contributed by atoms with Gasteiger partial charge >= 0.3 is 0 Å². The molecule has 4 rings (SSSR count). The van der Waals surface area contributed by atoms with E-state index in [1.807, 2.05) is 16.7 Å². The molecule has 1 atom stereocenters. The zero-order valence-electron chi connectivity index (χ0n) is 13.4. The maximum atomic E-state index is 6.36. The summed E-state index contributed by atoms with van der Waals surface area (Å²) < 4.78 is 12.9. The number of methoxy groups -OCH3 is 1. The summed E-state index contributed by atoms with van der Waals surface area (Å²) in [5.41, 5.74) is 1.97. The quantitative estimate of drug-likeness (QED) is 0.531. The first-order valence-corrected chi connectivity index (χ1v) is 8.64. The molecule has 130 valence electrons. The highest BCUT2D eigenvalue weighted by Crippen LogP contribution is 2.35. The van der Waals surface area contributed by atoms with Crippen molar-refractivity contribution in [3.8, 4) is 5.75 Å². The molecule has 9 heteroatoms. The molecule has 25 heavy (non-hydrogen) atoms. The third kappa shape index (κ3) is 3.01. The summed E-state index contributed by atoms with van der Waals surface area (Å²) in [6.45, 7) is 0.744. The number of ether oxygens (including phenoxy) is 2. The molecule has 0 spiro atoms. The lowest BCUT2D eigenvalue weighted by molar-refractivity contribution is 0.0592. The van der Waals surface area contributed by atoms with E-state index in [0.717, 1.165) is 19.4 Å². The van der Waals surface area contributed by atoms with Crippen molar-refractivity contribution >= 4 is 46.9 Å². The number of rotatable bonds is 4. The second kappa shape index (κ2) is 6.70. The molecule has 0 saturated carbocycles. The molecular formula is C16H16ClN5O2S. The van der Waals surface area contributed by atoms with Crippen LogP contribution in [-0.2, 0) is 4.74 Å². The normalized spacial score (nSPS) is 17.2. The van der Waals surface area contributed by atoms with Gasteiger partial charge in [0.2, 0.25) is 0 Å². The molecule has 1 N–H and O–H groups in total. The minimum absolute atomic E-state index is 0.0547. The van der Waals surface area contributed by atoms with Crippen LogP contribution in [-0.4, -0.2) is 33.2 Å². The van der Waals surface area contributed by atoms with Crippen molar-refractivity contribution in [3.05, 3.63) is 29.5 Å². The molecule has 0 radical (unpaired) electrons. The minimum atomic E-state index is -0.0547. The third-order valence-electron chi connectivity index (χ3n) is 4.06. The molecule has 3 heterocycles. The number of aromatic nitrogens is 4. The Bertz CT molecular complexity index is 926. The Kier molecular flexibility index (Phi) is 4.41. The first kappa shape index (κ1) is 16.4. The van der Waals surface area contributed by atoms with Gasteiger partial charge in [0, 0.05) is 6.61 Å². The molecular weight excluding hydrogens is 362 g/mol. The molecule has 3 aromatic rings. The lowest BCUT2D eigenvalue weighted by Gasteiger charge is -2.13. The van der Waals surface area contributed by atoms with E-state index in [1.54, 1.807) is 19.5 Å². The zero-order valence-corrected chi connectivity index (χ0v) is 15.1.